The molecule has 1 aliphatic heterocycles. The molecule has 0 radical (unpaired) electrons. The van der Waals surface area contributed by atoms with Gasteiger partial charge in [-0.05, 0) is 30.4 Å². The monoisotopic (exact) mass is 330 g/mol. The van der Waals surface area contributed by atoms with E-state index in [2.05, 4.69) is 53.6 Å². The molecule has 1 aromatic carbocycles. The molecular weight excluding hydrogens is 300 g/mol. The van der Waals surface area contributed by atoms with Crippen molar-refractivity contribution in [3.63, 3.8) is 0 Å². The molecule has 3 rings (SSSR count). The molecule has 0 amide bonds. The van der Waals surface area contributed by atoms with Crippen LogP contribution in [0.2, 0.25) is 0 Å². The molecule has 1 aromatic rings. The third kappa shape index (κ3) is 5.21. The molecule has 1 heterocycles. The first-order chi connectivity index (χ1) is 11.7. The second-order valence-electron chi connectivity index (χ2n) is 6.86. The summed E-state index contributed by atoms with van der Waals surface area (Å²) in [7, 11) is 0. The second-order valence-corrected chi connectivity index (χ2v) is 6.86. The van der Waals surface area contributed by atoms with Crippen molar-refractivity contribution < 1.29 is 4.74 Å². The minimum Gasteiger partial charge on any atom is -0.379 e. The first-order valence-electron chi connectivity index (χ1n) is 9.17. The molecule has 2 aliphatic rings. The molecule has 5 heteroatoms. The van der Waals surface area contributed by atoms with Crippen LogP contribution in [0, 0.1) is 5.92 Å². The van der Waals surface area contributed by atoms with E-state index in [1.54, 1.807) is 0 Å². The van der Waals surface area contributed by atoms with Crippen molar-refractivity contribution in [2.24, 2.45) is 10.9 Å². The van der Waals surface area contributed by atoms with E-state index in [1.165, 1.54) is 17.5 Å². The molecule has 0 bridgehead atoms. The lowest BCUT2D eigenvalue weighted by molar-refractivity contribution is 0.0342. The average Bonchev–Trinajstić information content (AvgIpc) is 3.30. The highest BCUT2D eigenvalue weighted by Crippen LogP contribution is 2.28. The molecule has 2 fully saturated rings. The van der Waals surface area contributed by atoms with Crippen molar-refractivity contribution in [2.45, 2.75) is 39.4 Å². The maximum Gasteiger partial charge on any atom is 0.191 e. The fourth-order valence-corrected chi connectivity index (χ4v) is 2.96. The number of benzene rings is 1. The minimum absolute atomic E-state index is 0.596. The average molecular weight is 330 g/mol. The molecule has 24 heavy (non-hydrogen) atoms. The highest BCUT2D eigenvalue weighted by atomic mass is 16.5. The van der Waals surface area contributed by atoms with E-state index < -0.39 is 0 Å². The van der Waals surface area contributed by atoms with E-state index in [1.807, 2.05) is 0 Å². The van der Waals surface area contributed by atoms with E-state index in [9.17, 15) is 0 Å². The molecule has 2 atom stereocenters. The Balaban J connectivity index is 1.51. The largest absolute Gasteiger partial charge is 0.379 e. The van der Waals surface area contributed by atoms with Crippen LogP contribution in [0.5, 0.6) is 0 Å². The number of rotatable bonds is 6. The van der Waals surface area contributed by atoms with Crippen LogP contribution < -0.4 is 10.6 Å². The molecule has 1 aliphatic carbocycles. The van der Waals surface area contributed by atoms with E-state index in [-0.39, 0.29) is 0 Å². The number of morpholine rings is 1. The highest BCUT2D eigenvalue weighted by Gasteiger charge is 2.33. The number of hydrogen-bond acceptors (Lipinski definition) is 3. The van der Waals surface area contributed by atoms with Crippen molar-refractivity contribution in [3.8, 4) is 0 Å². The first-order valence-corrected chi connectivity index (χ1v) is 9.17. The number of aliphatic imine (C=N–C) groups is 1. The van der Waals surface area contributed by atoms with Crippen molar-refractivity contribution >= 4 is 5.96 Å². The number of guanidine groups is 1. The normalized spacial score (nSPS) is 24.7. The maximum atomic E-state index is 5.40. The Morgan fingerprint density at radius 2 is 1.88 bits per heavy atom. The lowest BCUT2D eigenvalue weighted by Crippen LogP contribution is -2.39. The third-order valence-electron chi connectivity index (χ3n) is 4.73. The summed E-state index contributed by atoms with van der Waals surface area (Å²) in [6.45, 7) is 10.8. The number of hydrogen-bond donors (Lipinski definition) is 2. The molecule has 1 saturated heterocycles. The zero-order valence-electron chi connectivity index (χ0n) is 14.9. The topological polar surface area (TPSA) is 48.9 Å². The summed E-state index contributed by atoms with van der Waals surface area (Å²) in [6.07, 6.45) is 1.25. The van der Waals surface area contributed by atoms with Gasteiger partial charge in [-0.15, -0.1) is 0 Å². The van der Waals surface area contributed by atoms with Crippen LogP contribution in [0.4, 0.5) is 0 Å². The number of ether oxygens (including phenoxy) is 1. The van der Waals surface area contributed by atoms with Gasteiger partial charge in [-0.3, -0.25) is 4.90 Å². The summed E-state index contributed by atoms with van der Waals surface area (Å²) >= 11 is 0. The number of nitrogens with one attached hydrogen (secondary N) is 2. The maximum absolute atomic E-state index is 5.40. The quantitative estimate of drug-likeness (QED) is 0.619. The van der Waals surface area contributed by atoms with Gasteiger partial charge in [0.15, 0.2) is 5.96 Å². The van der Waals surface area contributed by atoms with Crippen molar-refractivity contribution in [2.75, 3.05) is 32.8 Å². The Morgan fingerprint density at radius 3 is 2.50 bits per heavy atom. The number of nitrogens with zero attached hydrogens (tertiary/aromatic N) is 2. The van der Waals surface area contributed by atoms with Gasteiger partial charge in [-0.25, -0.2) is 4.99 Å². The zero-order valence-corrected chi connectivity index (χ0v) is 14.9. The molecule has 1 saturated carbocycles. The van der Waals surface area contributed by atoms with E-state index in [4.69, 9.17) is 9.73 Å². The fraction of sp³-hybridized carbons (Fsp3) is 0.632. The van der Waals surface area contributed by atoms with Crippen molar-refractivity contribution in [1.82, 2.24) is 15.5 Å². The van der Waals surface area contributed by atoms with E-state index in [0.717, 1.165) is 51.3 Å². The molecule has 132 valence electrons. The SMILES string of the molecule is CCNC(=NCc1ccc(CN2CCOCC2)cc1)NC1CC1C. The van der Waals surface area contributed by atoms with Gasteiger partial charge in [-0.1, -0.05) is 31.2 Å². The van der Waals surface area contributed by atoms with Crippen LogP contribution in [-0.4, -0.2) is 49.7 Å². The molecule has 0 spiro atoms. The summed E-state index contributed by atoms with van der Waals surface area (Å²) in [6, 6.07) is 9.44. The van der Waals surface area contributed by atoms with Gasteiger partial charge in [0.05, 0.1) is 19.8 Å². The van der Waals surface area contributed by atoms with E-state index >= 15 is 0 Å². The van der Waals surface area contributed by atoms with Crippen LogP contribution in [0.15, 0.2) is 29.3 Å². The van der Waals surface area contributed by atoms with Gasteiger partial charge < -0.3 is 15.4 Å². The standard InChI is InChI=1S/C19H30N4O/c1-3-20-19(22-18-12-15(18)2)21-13-16-4-6-17(7-5-16)14-23-8-10-24-11-9-23/h4-7,15,18H,3,8-14H2,1-2H3,(H2,20,21,22). The highest BCUT2D eigenvalue weighted by molar-refractivity contribution is 5.80. The molecule has 5 nitrogen and oxygen atoms in total. The zero-order chi connectivity index (χ0) is 16.8. The van der Waals surface area contributed by atoms with Crippen LogP contribution in [0.25, 0.3) is 0 Å². The Kier molecular flexibility index (Phi) is 6.10. The van der Waals surface area contributed by atoms with Crippen LogP contribution in [0.1, 0.15) is 31.4 Å². The lowest BCUT2D eigenvalue weighted by Gasteiger charge is -2.26. The van der Waals surface area contributed by atoms with Gasteiger partial charge in [0, 0.05) is 32.2 Å². The van der Waals surface area contributed by atoms with Gasteiger partial charge in [0.25, 0.3) is 0 Å². The van der Waals surface area contributed by atoms with Gasteiger partial charge in [-0.2, -0.15) is 0 Å². The predicted molar refractivity (Wildman–Crippen MR) is 98.1 cm³/mol. The Hall–Kier alpha value is -1.59. The summed E-state index contributed by atoms with van der Waals surface area (Å²) in [5.74, 6) is 1.71. The van der Waals surface area contributed by atoms with Gasteiger partial charge in [0.2, 0.25) is 0 Å². The summed E-state index contributed by atoms with van der Waals surface area (Å²) in [5, 5.41) is 6.83. The van der Waals surface area contributed by atoms with Crippen molar-refractivity contribution in [3.05, 3.63) is 35.4 Å². The van der Waals surface area contributed by atoms with Crippen LogP contribution >= 0.6 is 0 Å². The second kappa shape index (κ2) is 8.49. The lowest BCUT2D eigenvalue weighted by atomic mass is 10.1. The Bertz CT molecular complexity index is 537. The Labute approximate surface area is 145 Å². The van der Waals surface area contributed by atoms with Crippen molar-refractivity contribution in [1.29, 1.82) is 0 Å². The van der Waals surface area contributed by atoms with E-state index in [0.29, 0.717) is 12.6 Å². The third-order valence-corrected chi connectivity index (χ3v) is 4.73. The summed E-state index contributed by atoms with van der Waals surface area (Å²) < 4.78 is 5.40. The fourth-order valence-electron chi connectivity index (χ4n) is 2.96. The summed E-state index contributed by atoms with van der Waals surface area (Å²) in [5.41, 5.74) is 2.61. The van der Waals surface area contributed by atoms with Gasteiger partial charge in [0.1, 0.15) is 0 Å². The summed E-state index contributed by atoms with van der Waals surface area (Å²) in [4.78, 5) is 7.16. The molecular formula is C19H30N4O. The minimum atomic E-state index is 0.596. The first kappa shape index (κ1) is 17.2. The molecule has 2 unspecified atom stereocenters. The molecule has 0 aromatic heterocycles. The Morgan fingerprint density at radius 1 is 1.21 bits per heavy atom. The van der Waals surface area contributed by atoms with Crippen LogP contribution in [-0.2, 0) is 17.8 Å². The smallest absolute Gasteiger partial charge is 0.191 e. The molecule has 2 N–H and O–H groups in total. The predicted octanol–water partition coefficient (Wildman–Crippen LogP) is 1.98. The van der Waals surface area contributed by atoms with Gasteiger partial charge >= 0.3 is 0 Å². The van der Waals surface area contributed by atoms with Crippen LogP contribution in [0.3, 0.4) is 0 Å².